The van der Waals surface area contributed by atoms with Gasteiger partial charge in [-0.3, -0.25) is 14.5 Å². The van der Waals surface area contributed by atoms with Crippen molar-refractivity contribution >= 4 is 29.7 Å². The molecule has 0 aliphatic carbocycles. The Labute approximate surface area is 192 Å². The van der Waals surface area contributed by atoms with Crippen LogP contribution in [0, 0.1) is 0 Å². The molecule has 3 aliphatic heterocycles. The molecule has 3 amide bonds. The molecule has 0 spiro atoms. The first-order valence-electron chi connectivity index (χ1n) is 11.2. The van der Waals surface area contributed by atoms with E-state index in [4.69, 9.17) is 4.74 Å². The van der Waals surface area contributed by atoms with Crippen LogP contribution in [-0.4, -0.2) is 77.2 Å². The average Bonchev–Trinajstić information content (AvgIpc) is 3.28. The van der Waals surface area contributed by atoms with Gasteiger partial charge in [-0.2, -0.15) is 0 Å². The third-order valence-corrected chi connectivity index (χ3v) is 7.52. The van der Waals surface area contributed by atoms with Gasteiger partial charge in [0.1, 0.15) is 18.0 Å². The minimum atomic E-state index is -0.508. The first kappa shape index (κ1) is 22.7. The van der Waals surface area contributed by atoms with Crippen molar-refractivity contribution in [2.24, 2.45) is 0 Å². The summed E-state index contributed by atoms with van der Waals surface area (Å²) in [6, 6.07) is 9.33. The van der Waals surface area contributed by atoms with Crippen molar-refractivity contribution in [1.29, 1.82) is 0 Å². The first-order valence-corrected chi connectivity index (χ1v) is 12.2. The molecule has 0 radical (unpaired) electrons. The van der Waals surface area contributed by atoms with Crippen LogP contribution in [0.1, 0.15) is 25.3 Å². The Morgan fingerprint density at radius 3 is 2.84 bits per heavy atom. The van der Waals surface area contributed by atoms with Crippen LogP contribution in [0.5, 0.6) is 0 Å². The van der Waals surface area contributed by atoms with E-state index in [9.17, 15) is 14.4 Å². The Morgan fingerprint density at radius 2 is 2.06 bits per heavy atom. The summed E-state index contributed by atoms with van der Waals surface area (Å²) in [6.07, 6.45) is 3.84. The lowest BCUT2D eigenvalue weighted by molar-refractivity contribution is -0.144. The van der Waals surface area contributed by atoms with Gasteiger partial charge in [-0.05, 0) is 37.1 Å². The van der Waals surface area contributed by atoms with Gasteiger partial charge >= 0.3 is 6.09 Å². The molecule has 32 heavy (non-hydrogen) atoms. The molecule has 0 saturated carbocycles. The molecule has 9 heteroatoms. The molecule has 2 fully saturated rings. The molecule has 3 unspecified atom stereocenters. The van der Waals surface area contributed by atoms with Crippen molar-refractivity contribution in [3.63, 3.8) is 0 Å². The molecule has 0 aromatic heterocycles. The number of hydrogen-bond donors (Lipinski definition) is 2. The minimum Gasteiger partial charge on any atom is -0.445 e. The maximum Gasteiger partial charge on any atom is 0.407 e. The van der Waals surface area contributed by atoms with Crippen LogP contribution in [-0.2, 0) is 20.7 Å². The molecule has 3 atom stereocenters. The Morgan fingerprint density at radius 1 is 1.25 bits per heavy atom. The van der Waals surface area contributed by atoms with Gasteiger partial charge in [0.2, 0.25) is 5.91 Å². The number of likely N-dealkylation sites (tertiary alicyclic amines) is 1. The highest BCUT2D eigenvalue weighted by molar-refractivity contribution is 8.00. The zero-order chi connectivity index (χ0) is 22.5. The molecular weight excluding hydrogens is 428 g/mol. The highest BCUT2D eigenvalue weighted by Crippen LogP contribution is 2.36. The van der Waals surface area contributed by atoms with Gasteiger partial charge in [0.05, 0.1) is 6.42 Å². The molecule has 0 bridgehead atoms. The molecule has 1 aromatic carbocycles. The van der Waals surface area contributed by atoms with Gasteiger partial charge in [-0.1, -0.05) is 37.3 Å². The van der Waals surface area contributed by atoms with Crippen LogP contribution >= 0.6 is 11.8 Å². The van der Waals surface area contributed by atoms with Crippen LogP contribution in [0.25, 0.3) is 0 Å². The normalized spacial score (nSPS) is 24.9. The van der Waals surface area contributed by atoms with Gasteiger partial charge in [-0.15, -0.1) is 11.8 Å². The van der Waals surface area contributed by atoms with Crippen molar-refractivity contribution in [3.8, 4) is 0 Å². The van der Waals surface area contributed by atoms with Crippen LogP contribution in [0.4, 0.5) is 4.79 Å². The Kier molecular flexibility index (Phi) is 7.36. The number of thioether (sulfide) groups is 1. The summed E-state index contributed by atoms with van der Waals surface area (Å²) in [4.78, 5) is 40.9. The average molecular weight is 459 g/mol. The van der Waals surface area contributed by atoms with Gasteiger partial charge in [0.25, 0.3) is 5.91 Å². The summed E-state index contributed by atoms with van der Waals surface area (Å²) in [7, 11) is 0. The highest BCUT2D eigenvalue weighted by atomic mass is 32.2. The zero-order valence-electron chi connectivity index (χ0n) is 18.3. The standard InChI is InChI=1S/C23H30N4O4S/c1-2-26-10-6-9-18(26)12-24-23(30)31-14-17-13-27-21(29)20(22(27)32-15-17)25-19(28)11-16-7-4-3-5-8-16/h3-5,7-8,13,18,20,22H,2,6,9-12,14-15H2,1H3,(H,24,30)(H,25,28). The van der Waals surface area contributed by atoms with E-state index in [0.717, 1.165) is 37.1 Å². The van der Waals surface area contributed by atoms with E-state index in [2.05, 4.69) is 22.5 Å². The number of carbonyl (C=O) groups excluding carboxylic acids is 3. The number of alkyl carbamates (subject to hydrolysis) is 1. The number of β-lactam (4-membered cyclic amide) rings is 1. The summed E-state index contributed by atoms with van der Waals surface area (Å²) in [5, 5.41) is 5.60. The Bertz CT molecular complexity index is 878. The van der Waals surface area contributed by atoms with Crippen molar-refractivity contribution in [1.82, 2.24) is 20.4 Å². The lowest BCUT2D eigenvalue weighted by Gasteiger charge is -2.47. The SMILES string of the molecule is CCN1CCCC1CNC(=O)OCC1=CN2C(=O)C(NC(=O)Cc3ccccc3)C2SC1. The molecule has 8 nitrogen and oxygen atoms in total. The second kappa shape index (κ2) is 10.4. The van der Waals surface area contributed by atoms with E-state index in [1.165, 1.54) is 0 Å². The van der Waals surface area contributed by atoms with E-state index >= 15 is 0 Å². The molecule has 3 aliphatic rings. The highest BCUT2D eigenvalue weighted by Gasteiger charge is 2.49. The van der Waals surface area contributed by atoms with Crippen LogP contribution in [0.3, 0.4) is 0 Å². The molecule has 172 valence electrons. The van der Waals surface area contributed by atoms with E-state index in [1.54, 1.807) is 22.9 Å². The summed E-state index contributed by atoms with van der Waals surface area (Å²) in [5.41, 5.74) is 1.79. The fourth-order valence-corrected chi connectivity index (χ4v) is 5.64. The maximum absolute atomic E-state index is 12.5. The molecule has 4 rings (SSSR count). The molecular formula is C23H30N4O4S. The molecule has 3 heterocycles. The van der Waals surface area contributed by atoms with Crippen LogP contribution in [0.2, 0.25) is 0 Å². The number of ether oxygens (including phenoxy) is 1. The van der Waals surface area contributed by atoms with Crippen LogP contribution < -0.4 is 10.6 Å². The van der Waals surface area contributed by atoms with Gasteiger partial charge in [0.15, 0.2) is 0 Å². The first-order chi connectivity index (χ1) is 15.5. The number of nitrogens with zero attached hydrogens (tertiary/aromatic N) is 2. The quantitative estimate of drug-likeness (QED) is 0.577. The fraction of sp³-hybridized carbons (Fsp3) is 0.522. The fourth-order valence-electron chi connectivity index (χ4n) is 4.40. The van der Waals surface area contributed by atoms with E-state index < -0.39 is 12.1 Å². The van der Waals surface area contributed by atoms with Crippen LogP contribution in [0.15, 0.2) is 42.1 Å². The van der Waals surface area contributed by atoms with Crippen molar-refractivity contribution in [3.05, 3.63) is 47.7 Å². The smallest absolute Gasteiger partial charge is 0.407 e. The maximum atomic E-state index is 12.5. The van der Waals surface area contributed by atoms with Gasteiger partial charge in [-0.25, -0.2) is 4.79 Å². The molecule has 2 N–H and O–H groups in total. The number of likely N-dealkylation sites (N-methyl/N-ethyl adjacent to an activating group) is 1. The van der Waals surface area contributed by atoms with Gasteiger partial charge < -0.3 is 20.3 Å². The number of nitrogens with one attached hydrogen (secondary N) is 2. The topological polar surface area (TPSA) is 91.0 Å². The number of carbonyl (C=O) groups is 3. The summed E-state index contributed by atoms with van der Waals surface area (Å²) >= 11 is 1.57. The lowest BCUT2D eigenvalue weighted by atomic mass is 10.1. The molecule has 1 aromatic rings. The third-order valence-electron chi connectivity index (χ3n) is 6.14. The molecule has 2 saturated heterocycles. The van der Waals surface area contributed by atoms with E-state index in [1.807, 2.05) is 30.3 Å². The third kappa shape index (κ3) is 5.27. The summed E-state index contributed by atoms with van der Waals surface area (Å²) < 4.78 is 5.35. The second-order valence-corrected chi connectivity index (χ2v) is 9.43. The van der Waals surface area contributed by atoms with Crippen molar-refractivity contribution < 1.29 is 19.1 Å². The van der Waals surface area contributed by atoms with Crippen molar-refractivity contribution in [2.45, 2.75) is 43.6 Å². The number of hydrogen-bond acceptors (Lipinski definition) is 6. The number of amides is 3. The number of rotatable bonds is 8. The summed E-state index contributed by atoms with van der Waals surface area (Å²) in [6.45, 7) is 4.96. The number of benzene rings is 1. The Balaban J connectivity index is 1.20. The van der Waals surface area contributed by atoms with Crippen molar-refractivity contribution in [2.75, 3.05) is 32.0 Å². The predicted octanol–water partition coefficient (Wildman–Crippen LogP) is 1.72. The summed E-state index contributed by atoms with van der Waals surface area (Å²) in [5.74, 6) is 0.360. The largest absolute Gasteiger partial charge is 0.445 e. The zero-order valence-corrected chi connectivity index (χ0v) is 19.1. The van der Waals surface area contributed by atoms with E-state index in [-0.39, 0.29) is 30.2 Å². The van der Waals surface area contributed by atoms with Gasteiger partial charge in [0, 0.05) is 24.5 Å². The predicted molar refractivity (Wildman–Crippen MR) is 123 cm³/mol. The number of fused-ring (bicyclic) bond motifs is 1. The monoisotopic (exact) mass is 458 g/mol. The van der Waals surface area contributed by atoms with E-state index in [0.29, 0.717) is 18.3 Å². The second-order valence-electron chi connectivity index (χ2n) is 8.32. The Hall–Kier alpha value is -2.52. The minimum absolute atomic E-state index is 0.109. The lowest BCUT2D eigenvalue weighted by Crippen LogP contribution is -2.68.